The lowest BCUT2D eigenvalue weighted by atomic mass is 9.97. The first kappa shape index (κ1) is 14.5. The van der Waals surface area contributed by atoms with Crippen LogP contribution in [0.4, 0.5) is 0 Å². The van der Waals surface area contributed by atoms with Crippen LogP contribution in [-0.4, -0.2) is 31.4 Å². The number of hydrogen-bond donors (Lipinski definition) is 2. The van der Waals surface area contributed by atoms with Crippen molar-refractivity contribution in [2.45, 2.75) is 32.3 Å². The molecule has 0 aromatic heterocycles. The fourth-order valence-electron chi connectivity index (χ4n) is 2.55. The minimum absolute atomic E-state index is 0.195. The molecule has 0 fully saturated rings. The van der Waals surface area contributed by atoms with E-state index >= 15 is 0 Å². The first-order valence-corrected chi connectivity index (χ1v) is 7.32. The molecule has 0 aliphatic carbocycles. The second kappa shape index (κ2) is 7.63. The highest BCUT2D eigenvalue weighted by atomic mass is 16.5. The lowest BCUT2D eigenvalue weighted by Gasteiger charge is -2.26. The van der Waals surface area contributed by atoms with E-state index in [0.29, 0.717) is 12.5 Å². The number of fused-ring (bicyclic) bond motifs is 1. The summed E-state index contributed by atoms with van der Waals surface area (Å²) in [7, 11) is 0. The van der Waals surface area contributed by atoms with Crippen molar-refractivity contribution >= 4 is 0 Å². The SMILES string of the molecule is CC(CO)CCCNCC1OCCc2ccccc21. The molecule has 1 aliphatic heterocycles. The van der Waals surface area contributed by atoms with Crippen LogP contribution in [0.25, 0.3) is 0 Å². The maximum atomic E-state index is 8.96. The summed E-state index contributed by atoms with van der Waals surface area (Å²) < 4.78 is 5.85. The molecule has 0 saturated heterocycles. The van der Waals surface area contributed by atoms with Gasteiger partial charge in [-0.05, 0) is 42.9 Å². The topological polar surface area (TPSA) is 41.5 Å². The summed E-state index contributed by atoms with van der Waals surface area (Å²) in [5, 5.41) is 12.4. The summed E-state index contributed by atoms with van der Waals surface area (Å²) in [5.74, 6) is 0.411. The first-order valence-electron chi connectivity index (χ1n) is 7.32. The van der Waals surface area contributed by atoms with E-state index in [0.717, 1.165) is 39.0 Å². The van der Waals surface area contributed by atoms with Crippen LogP contribution in [0, 0.1) is 5.92 Å². The quantitative estimate of drug-likeness (QED) is 0.742. The molecule has 1 aromatic carbocycles. The summed E-state index contributed by atoms with van der Waals surface area (Å²) in [6.07, 6.45) is 3.41. The second-order valence-corrected chi connectivity index (χ2v) is 5.44. The molecule has 2 N–H and O–H groups in total. The van der Waals surface area contributed by atoms with E-state index in [9.17, 15) is 0 Å². The van der Waals surface area contributed by atoms with E-state index in [-0.39, 0.29) is 6.10 Å². The van der Waals surface area contributed by atoms with Gasteiger partial charge in [-0.15, -0.1) is 0 Å². The normalized spacial score (nSPS) is 20.0. The van der Waals surface area contributed by atoms with Gasteiger partial charge in [-0.25, -0.2) is 0 Å². The Morgan fingerprint density at radius 3 is 3.11 bits per heavy atom. The average Bonchev–Trinajstić information content (AvgIpc) is 2.46. The van der Waals surface area contributed by atoms with Gasteiger partial charge in [0.25, 0.3) is 0 Å². The van der Waals surface area contributed by atoms with Crippen LogP contribution in [0.5, 0.6) is 0 Å². The van der Waals surface area contributed by atoms with Crippen LogP contribution < -0.4 is 5.32 Å². The molecular formula is C16H25NO2. The maximum Gasteiger partial charge on any atom is 0.0952 e. The molecule has 1 aromatic rings. The van der Waals surface area contributed by atoms with Crippen LogP contribution in [0.15, 0.2) is 24.3 Å². The molecule has 0 bridgehead atoms. The molecule has 0 radical (unpaired) electrons. The van der Waals surface area contributed by atoms with E-state index in [2.05, 4.69) is 36.5 Å². The third-order valence-corrected chi connectivity index (χ3v) is 3.78. The number of nitrogens with one attached hydrogen (secondary N) is 1. The molecule has 3 nitrogen and oxygen atoms in total. The monoisotopic (exact) mass is 263 g/mol. The summed E-state index contributed by atoms with van der Waals surface area (Å²) in [6.45, 7) is 5.07. The molecule has 3 heteroatoms. The summed E-state index contributed by atoms with van der Waals surface area (Å²) in [4.78, 5) is 0. The van der Waals surface area contributed by atoms with Crippen molar-refractivity contribution in [3.8, 4) is 0 Å². The van der Waals surface area contributed by atoms with E-state index in [1.807, 2.05) is 0 Å². The molecule has 2 rings (SSSR count). The summed E-state index contributed by atoms with van der Waals surface area (Å²) >= 11 is 0. The van der Waals surface area contributed by atoms with Crippen molar-refractivity contribution in [3.05, 3.63) is 35.4 Å². The Kier molecular flexibility index (Phi) is 5.83. The van der Waals surface area contributed by atoms with Gasteiger partial charge < -0.3 is 15.2 Å². The van der Waals surface area contributed by atoms with Crippen molar-refractivity contribution in [1.82, 2.24) is 5.32 Å². The standard InChI is InChI=1S/C16H25NO2/c1-13(12-18)5-4-9-17-11-16-15-7-3-2-6-14(15)8-10-19-16/h2-3,6-7,13,16-18H,4-5,8-12H2,1H3. The number of hydrogen-bond acceptors (Lipinski definition) is 3. The molecule has 19 heavy (non-hydrogen) atoms. The minimum Gasteiger partial charge on any atom is -0.396 e. The minimum atomic E-state index is 0.195. The van der Waals surface area contributed by atoms with Gasteiger partial charge in [0, 0.05) is 13.2 Å². The Morgan fingerprint density at radius 1 is 1.42 bits per heavy atom. The number of aliphatic hydroxyl groups is 1. The van der Waals surface area contributed by atoms with Gasteiger partial charge in [0.05, 0.1) is 12.7 Å². The zero-order chi connectivity index (χ0) is 13.5. The predicted octanol–water partition coefficient (Wildman–Crippen LogP) is 2.30. The Labute approximate surface area is 116 Å². The fraction of sp³-hybridized carbons (Fsp3) is 0.625. The molecular weight excluding hydrogens is 238 g/mol. The summed E-state index contributed by atoms with van der Waals surface area (Å²) in [6, 6.07) is 8.57. The highest BCUT2D eigenvalue weighted by Crippen LogP contribution is 2.26. The molecule has 106 valence electrons. The molecule has 2 unspecified atom stereocenters. The van der Waals surface area contributed by atoms with E-state index < -0.39 is 0 Å². The van der Waals surface area contributed by atoms with Crippen LogP contribution in [0.2, 0.25) is 0 Å². The number of rotatable bonds is 7. The summed E-state index contributed by atoms with van der Waals surface area (Å²) in [5.41, 5.74) is 2.76. The zero-order valence-electron chi connectivity index (χ0n) is 11.8. The van der Waals surface area contributed by atoms with E-state index in [1.54, 1.807) is 0 Å². The van der Waals surface area contributed by atoms with Crippen molar-refractivity contribution in [2.75, 3.05) is 26.3 Å². The largest absolute Gasteiger partial charge is 0.396 e. The molecule has 0 spiro atoms. The Bertz CT molecular complexity index is 381. The molecule has 2 atom stereocenters. The number of aliphatic hydroxyl groups excluding tert-OH is 1. The zero-order valence-corrected chi connectivity index (χ0v) is 11.8. The highest BCUT2D eigenvalue weighted by Gasteiger charge is 2.19. The lowest BCUT2D eigenvalue weighted by molar-refractivity contribution is 0.0425. The van der Waals surface area contributed by atoms with Crippen molar-refractivity contribution < 1.29 is 9.84 Å². The van der Waals surface area contributed by atoms with Gasteiger partial charge in [0.15, 0.2) is 0 Å². The van der Waals surface area contributed by atoms with Crippen LogP contribution in [0.1, 0.15) is 37.0 Å². The number of ether oxygens (including phenoxy) is 1. The lowest BCUT2D eigenvalue weighted by Crippen LogP contribution is -2.28. The fourth-order valence-corrected chi connectivity index (χ4v) is 2.55. The third kappa shape index (κ3) is 4.30. The molecule has 1 heterocycles. The maximum absolute atomic E-state index is 8.96. The Balaban J connectivity index is 1.72. The van der Waals surface area contributed by atoms with Gasteiger partial charge in [0.1, 0.15) is 0 Å². The van der Waals surface area contributed by atoms with Crippen LogP contribution >= 0.6 is 0 Å². The Hall–Kier alpha value is -0.900. The average molecular weight is 263 g/mol. The van der Waals surface area contributed by atoms with Gasteiger partial charge in [-0.2, -0.15) is 0 Å². The van der Waals surface area contributed by atoms with Gasteiger partial charge in [-0.3, -0.25) is 0 Å². The van der Waals surface area contributed by atoms with Crippen molar-refractivity contribution in [3.63, 3.8) is 0 Å². The highest BCUT2D eigenvalue weighted by molar-refractivity contribution is 5.31. The van der Waals surface area contributed by atoms with E-state index in [4.69, 9.17) is 9.84 Å². The van der Waals surface area contributed by atoms with Gasteiger partial charge in [0.2, 0.25) is 0 Å². The van der Waals surface area contributed by atoms with Crippen LogP contribution in [-0.2, 0) is 11.2 Å². The molecule has 0 amide bonds. The van der Waals surface area contributed by atoms with Gasteiger partial charge >= 0.3 is 0 Å². The van der Waals surface area contributed by atoms with E-state index in [1.165, 1.54) is 11.1 Å². The molecule has 0 saturated carbocycles. The molecule has 1 aliphatic rings. The third-order valence-electron chi connectivity index (χ3n) is 3.78. The number of benzene rings is 1. The Morgan fingerprint density at radius 2 is 2.26 bits per heavy atom. The first-order chi connectivity index (χ1) is 9.31. The van der Waals surface area contributed by atoms with Crippen molar-refractivity contribution in [1.29, 1.82) is 0 Å². The predicted molar refractivity (Wildman–Crippen MR) is 77.2 cm³/mol. The van der Waals surface area contributed by atoms with Crippen LogP contribution in [0.3, 0.4) is 0 Å². The smallest absolute Gasteiger partial charge is 0.0952 e. The van der Waals surface area contributed by atoms with Gasteiger partial charge in [-0.1, -0.05) is 31.2 Å². The second-order valence-electron chi connectivity index (χ2n) is 5.44. The van der Waals surface area contributed by atoms with Crippen molar-refractivity contribution in [2.24, 2.45) is 5.92 Å².